The van der Waals surface area contributed by atoms with Crippen molar-refractivity contribution in [2.45, 2.75) is 18.9 Å². The number of methoxy groups -OCH3 is 1. The Morgan fingerprint density at radius 1 is 1.19 bits per heavy atom. The van der Waals surface area contributed by atoms with Crippen molar-refractivity contribution >= 4 is 5.91 Å². The van der Waals surface area contributed by atoms with Crippen molar-refractivity contribution in [1.82, 2.24) is 9.80 Å². The first-order chi connectivity index (χ1) is 12.7. The normalized spacial score (nSPS) is 16.5. The van der Waals surface area contributed by atoms with E-state index in [0.717, 1.165) is 30.8 Å². The van der Waals surface area contributed by atoms with Crippen LogP contribution in [0.2, 0.25) is 0 Å². The Hall–Kier alpha value is -2.31. The lowest BCUT2D eigenvalue weighted by Crippen LogP contribution is -2.49. The fraction of sp³-hybridized carbons (Fsp3) is 0.450. The number of amides is 1. The largest absolute Gasteiger partial charge is 0.497 e. The molecule has 6 nitrogen and oxygen atoms in total. The van der Waals surface area contributed by atoms with Crippen molar-refractivity contribution in [3.8, 4) is 5.75 Å². The molecule has 0 saturated carbocycles. The number of hydrogen-bond donors (Lipinski definition) is 1. The van der Waals surface area contributed by atoms with Gasteiger partial charge in [-0.05, 0) is 36.2 Å². The lowest BCUT2D eigenvalue weighted by molar-refractivity contribution is -0.133. The number of carbonyl (C=O) groups excluding carboxylic acids is 1. The van der Waals surface area contributed by atoms with Gasteiger partial charge in [0, 0.05) is 39.1 Å². The molecule has 2 aromatic rings. The number of piperazine rings is 1. The van der Waals surface area contributed by atoms with E-state index >= 15 is 0 Å². The maximum absolute atomic E-state index is 12.4. The van der Waals surface area contributed by atoms with Crippen molar-refractivity contribution in [3.63, 3.8) is 0 Å². The Kier molecular flexibility index (Phi) is 6.30. The predicted octanol–water partition coefficient (Wildman–Crippen LogP) is 2.10. The van der Waals surface area contributed by atoms with Gasteiger partial charge in [0.15, 0.2) is 0 Å². The summed E-state index contributed by atoms with van der Waals surface area (Å²) in [6.07, 6.45) is 2.20. The fourth-order valence-corrected chi connectivity index (χ4v) is 3.20. The molecular weight excluding hydrogens is 332 g/mol. The molecule has 0 bridgehead atoms. The molecule has 1 fully saturated rings. The van der Waals surface area contributed by atoms with Gasteiger partial charge in [-0.1, -0.05) is 12.1 Å². The third-order valence-electron chi connectivity index (χ3n) is 4.81. The van der Waals surface area contributed by atoms with Gasteiger partial charge in [-0.2, -0.15) is 0 Å². The summed E-state index contributed by atoms with van der Waals surface area (Å²) >= 11 is 0. The van der Waals surface area contributed by atoms with Crippen LogP contribution in [0.4, 0.5) is 0 Å². The summed E-state index contributed by atoms with van der Waals surface area (Å²) in [5.74, 6) is 1.60. The Morgan fingerprint density at radius 3 is 2.54 bits per heavy atom. The number of aryl methyl sites for hydroxylation is 1. The summed E-state index contributed by atoms with van der Waals surface area (Å²) in [4.78, 5) is 16.5. The van der Waals surface area contributed by atoms with Gasteiger partial charge in [0.2, 0.25) is 5.91 Å². The number of carbonyl (C=O) groups is 1. The molecule has 0 unspecified atom stereocenters. The third kappa shape index (κ3) is 4.86. The zero-order chi connectivity index (χ0) is 18.4. The molecule has 1 amide bonds. The van der Waals surface area contributed by atoms with Gasteiger partial charge in [0.05, 0.1) is 13.4 Å². The first kappa shape index (κ1) is 18.5. The molecule has 3 rings (SSSR count). The minimum Gasteiger partial charge on any atom is -0.497 e. The third-order valence-corrected chi connectivity index (χ3v) is 4.81. The second-order valence-corrected chi connectivity index (χ2v) is 6.56. The van der Waals surface area contributed by atoms with Gasteiger partial charge in [0.1, 0.15) is 17.6 Å². The van der Waals surface area contributed by atoms with Gasteiger partial charge in [-0.25, -0.2) is 0 Å². The molecule has 0 aliphatic carbocycles. The topological polar surface area (TPSA) is 66.2 Å². The van der Waals surface area contributed by atoms with Crippen molar-refractivity contribution in [2.24, 2.45) is 0 Å². The minimum atomic E-state index is -0.623. The number of aliphatic hydroxyl groups excluding tert-OH is 1. The molecule has 26 heavy (non-hydrogen) atoms. The monoisotopic (exact) mass is 358 g/mol. The maximum Gasteiger partial charge on any atom is 0.222 e. The van der Waals surface area contributed by atoms with E-state index in [4.69, 9.17) is 9.15 Å². The van der Waals surface area contributed by atoms with Crippen LogP contribution in [0.1, 0.15) is 23.8 Å². The molecule has 1 aromatic heterocycles. The Balaban J connectivity index is 1.40. The SMILES string of the molecule is COc1ccc(CCC(=O)N2CCN(C[C@H](O)c3ccco3)CC2)cc1. The van der Waals surface area contributed by atoms with Crippen LogP contribution in [-0.2, 0) is 11.2 Å². The molecule has 6 heteroatoms. The highest BCUT2D eigenvalue weighted by Gasteiger charge is 2.23. The second-order valence-electron chi connectivity index (χ2n) is 6.56. The van der Waals surface area contributed by atoms with Crippen LogP contribution in [0.15, 0.2) is 47.1 Å². The number of β-amino-alcohol motifs (C(OH)–C–C–N with tert-alkyl or cyclic N) is 1. The van der Waals surface area contributed by atoms with E-state index in [1.54, 1.807) is 25.5 Å². The average Bonchev–Trinajstić information content (AvgIpc) is 3.22. The molecule has 2 heterocycles. The highest BCUT2D eigenvalue weighted by molar-refractivity contribution is 5.76. The maximum atomic E-state index is 12.4. The molecule has 1 aliphatic rings. The highest BCUT2D eigenvalue weighted by Crippen LogP contribution is 2.17. The molecule has 1 atom stereocenters. The Labute approximate surface area is 154 Å². The van der Waals surface area contributed by atoms with E-state index in [2.05, 4.69) is 4.90 Å². The van der Waals surface area contributed by atoms with Crippen molar-refractivity contribution in [3.05, 3.63) is 54.0 Å². The zero-order valence-corrected chi connectivity index (χ0v) is 15.1. The van der Waals surface area contributed by atoms with E-state index in [0.29, 0.717) is 31.8 Å². The van der Waals surface area contributed by atoms with Gasteiger partial charge >= 0.3 is 0 Å². The molecule has 0 radical (unpaired) electrons. The van der Waals surface area contributed by atoms with E-state index in [1.165, 1.54) is 0 Å². The van der Waals surface area contributed by atoms with Crippen LogP contribution in [-0.4, -0.2) is 60.6 Å². The van der Waals surface area contributed by atoms with Crippen molar-refractivity contribution in [1.29, 1.82) is 0 Å². The van der Waals surface area contributed by atoms with Crippen LogP contribution in [0, 0.1) is 0 Å². The lowest BCUT2D eigenvalue weighted by Gasteiger charge is -2.35. The van der Waals surface area contributed by atoms with Crippen LogP contribution in [0.3, 0.4) is 0 Å². The molecule has 0 spiro atoms. The number of hydrogen-bond acceptors (Lipinski definition) is 5. The van der Waals surface area contributed by atoms with E-state index in [-0.39, 0.29) is 5.91 Å². The summed E-state index contributed by atoms with van der Waals surface area (Å²) in [7, 11) is 1.64. The molecule has 1 aliphatic heterocycles. The van der Waals surface area contributed by atoms with E-state index in [9.17, 15) is 9.90 Å². The van der Waals surface area contributed by atoms with Gasteiger partial charge < -0.3 is 19.2 Å². The highest BCUT2D eigenvalue weighted by atomic mass is 16.5. The van der Waals surface area contributed by atoms with Crippen LogP contribution in [0.25, 0.3) is 0 Å². The average molecular weight is 358 g/mol. The summed E-state index contributed by atoms with van der Waals surface area (Å²) in [6.45, 7) is 3.47. The summed E-state index contributed by atoms with van der Waals surface area (Å²) < 4.78 is 10.4. The van der Waals surface area contributed by atoms with Crippen LogP contribution >= 0.6 is 0 Å². The fourth-order valence-electron chi connectivity index (χ4n) is 3.20. The van der Waals surface area contributed by atoms with Gasteiger partial charge in [0.25, 0.3) is 0 Å². The Morgan fingerprint density at radius 2 is 1.92 bits per heavy atom. The molecule has 140 valence electrons. The van der Waals surface area contributed by atoms with E-state index in [1.807, 2.05) is 29.2 Å². The zero-order valence-electron chi connectivity index (χ0n) is 15.1. The number of benzene rings is 1. The molecule has 1 aromatic carbocycles. The van der Waals surface area contributed by atoms with E-state index < -0.39 is 6.10 Å². The predicted molar refractivity (Wildman–Crippen MR) is 98.0 cm³/mol. The second kappa shape index (κ2) is 8.87. The minimum absolute atomic E-state index is 0.187. The number of aliphatic hydroxyl groups is 1. The molecule has 1 N–H and O–H groups in total. The standard InChI is InChI=1S/C20H26N2O4/c1-25-17-7-4-16(5-8-17)6-9-20(24)22-12-10-21(11-13-22)15-18(23)19-3-2-14-26-19/h2-5,7-8,14,18,23H,6,9-13,15H2,1H3/t18-/m0/s1. The smallest absolute Gasteiger partial charge is 0.222 e. The number of rotatable bonds is 7. The first-order valence-corrected chi connectivity index (χ1v) is 9.00. The number of nitrogens with zero attached hydrogens (tertiary/aromatic N) is 2. The first-order valence-electron chi connectivity index (χ1n) is 9.00. The lowest BCUT2D eigenvalue weighted by atomic mass is 10.1. The molecular formula is C20H26N2O4. The van der Waals surface area contributed by atoms with Gasteiger partial charge in [-0.3, -0.25) is 9.69 Å². The van der Waals surface area contributed by atoms with Crippen LogP contribution in [0.5, 0.6) is 5.75 Å². The van der Waals surface area contributed by atoms with Crippen molar-refractivity contribution < 1.29 is 19.1 Å². The molecule has 1 saturated heterocycles. The van der Waals surface area contributed by atoms with Crippen LogP contribution < -0.4 is 4.74 Å². The number of furan rings is 1. The van der Waals surface area contributed by atoms with Crippen molar-refractivity contribution in [2.75, 3.05) is 39.8 Å². The summed E-state index contributed by atoms with van der Waals surface area (Å²) in [5, 5.41) is 10.2. The summed E-state index contributed by atoms with van der Waals surface area (Å²) in [6, 6.07) is 11.4. The number of ether oxygens (including phenoxy) is 1. The quantitative estimate of drug-likeness (QED) is 0.821. The summed E-state index contributed by atoms with van der Waals surface area (Å²) in [5.41, 5.74) is 1.14. The van der Waals surface area contributed by atoms with Gasteiger partial charge in [-0.15, -0.1) is 0 Å². The Bertz CT molecular complexity index is 676.